The Morgan fingerprint density at radius 2 is 1.55 bits per heavy atom. The normalized spacial score (nSPS) is 13.5. The summed E-state index contributed by atoms with van der Waals surface area (Å²) in [7, 11) is 0. The van der Waals surface area contributed by atoms with Crippen LogP contribution in [0.25, 0.3) is 0 Å². The van der Waals surface area contributed by atoms with E-state index in [-0.39, 0.29) is 19.6 Å². The van der Waals surface area contributed by atoms with Crippen LogP contribution in [0.3, 0.4) is 0 Å². The highest BCUT2D eigenvalue weighted by Gasteiger charge is 2.29. The number of amides is 2. The summed E-state index contributed by atoms with van der Waals surface area (Å²) in [5.74, 6) is -0.983. The van der Waals surface area contributed by atoms with Crippen LogP contribution in [0.15, 0.2) is 85.1 Å². The molecule has 3 rings (SSSR count). The Balaban J connectivity index is 1.62. The molecule has 0 aliphatic rings. The highest BCUT2D eigenvalue weighted by molar-refractivity contribution is 5.84. The number of hydrogen-bond acceptors (Lipinski definition) is 5. The van der Waals surface area contributed by atoms with Gasteiger partial charge in [0.25, 0.3) is 5.91 Å². The second-order valence-corrected chi connectivity index (χ2v) is 7.73. The van der Waals surface area contributed by atoms with Crippen LogP contribution >= 0.6 is 0 Å². The molecule has 1 heterocycles. The fourth-order valence-electron chi connectivity index (χ4n) is 3.25. The van der Waals surface area contributed by atoms with Gasteiger partial charge in [0.1, 0.15) is 6.10 Å². The lowest BCUT2D eigenvalue weighted by atomic mass is 10.00. The van der Waals surface area contributed by atoms with E-state index in [0.717, 1.165) is 11.1 Å². The average Bonchev–Trinajstić information content (AvgIpc) is 2.86. The van der Waals surface area contributed by atoms with Crippen LogP contribution in [0.4, 0.5) is 0 Å². The Morgan fingerprint density at radius 3 is 2.18 bits per heavy atom. The lowest BCUT2D eigenvalue weighted by Crippen LogP contribution is -2.53. The molecule has 3 atom stereocenters. The van der Waals surface area contributed by atoms with Crippen LogP contribution < -0.4 is 10.6 Å². The SMILES string of the molecule is C[C@@H](OCc1ccccc1)C(=O)NC(Cc1ccccc1)C(O)C(=O)NCc1ccccn1. The molecule has 0 spiro atoms. The van der Waals surface area contributed by atoms with Crippen LogP contribution in [-0.2, 0) is 33.9 Å². The topological polar surface area (TPSA) is 101 Å². The summed E-state index contributed by atoms with van der Waals surface area (Å²) in [5.41, 5.74) is 2.51. The Kier molecular flexibility index (Phi) is 9.11. The number of nitrogens with zero attached hydrogens (tertiary/aromatic N) is 1. The third-order valence-corrected chi connectivity index (χ3v) is 5.16. The second kappa shape index (κ2) is 12.5. The largest absolute Gasteiger partial charge is 0.381 e. The van der Waals surface area contributed by atoms with Crippen molar-refractivity contribution in [3.63, 3.8) is 0 Å². The van der Waals surface area contributed by atoms with Gasteiger partial charge in [-0.25, -0.2) is 0 Å². The molecule has 172 valence electrons. The number of ether oxygens (including phenoxy) is 1. The number of carbonyl (C=O) groups is 2. The Hall–Kier alpha value is -3.55. The summed E-state index contributed by atoms with van der Waals surface area (Å²) < 4.78 is 5.68. The minimum absolute atomic E-state index is 0.180. The lowest BCUT2D eigenvalue weighted by molar-refractivity contribution is -0.136. The number of benzene rings is 2. The van der Waals surface area contributed by atoms with Gasteiger partial charge in [-0.1, -0.05) is 66.7 Å². The lowest BCUT2D eigenvalue weighted by Gasteiger charge is -2.25. The molecule has 0 saturated heterocycles. The third-order valence-electron chi connectivity index (χ3n) is 5.16. The first-order valence-corrected chi connectivity index (χ1v) is 10.9. The molecule has 0 aliphatic carbocycles. The molecule has 2 amide bonds. The molecular formula is C26H29N3O4. The predicted octanol–water partition coefficient (Wildman–Crippen LogP) is 2.39. The molecule has 2 aromatic carbocycles. The number of rotatable bonds is 11. The van der Waals surface area contributed by atoms with Crippen molar-refractivity contribution in [2.24, 2.45) is 0 Å². The van der Waals surface area contributed by atoms with Crippen molar-refractivity contribution in [1.82, 2.24) is 15.6 Å². The highest BCUT2D eigenvalue weighted by Crippen LogP contribution is 2.09. The summed E-state index contributed by atoms with van der Waals surface area (Å²) in [6, 6.07) is 23.5. The fraction of sp³-hybridized carbons (Fsp3) is 0.269. The zero-order valence-corrected chi connectivity index (χ0v) is 18.6. The number of nitrogens with one attached hydrogen (secondary N) is 2. The van der Waals surface area contributed by atoms with E-state index in [1.807, 2.05) is 66.7 Å². The summed E-state index contributed by atoms with van der Waals surface area (Å²) >= 11 is 0. The van der Waals surface area contributed by atoms with Gasteiger partial charge in [-0.2, -0.15) is 0 Å². The maximum Gasteiger partial charge on any atom is 0.251 e. The van der Waals surface area contributed by atoms with E-state index in [4.69, 9.17) is 4.74 Å². The minimum Gasteiger partial charge on any atom is -0.381 e. The standard InChI is InChI=1S/C26H29N3O4/c1-19(33-18-21-12-6-3-7-13-21)25(31)29-23(16-20-10-4-2-5-11-20)24(30)26(32)28-17-22-14-8-9-15-27-22/h2-15,19,23-24,30H,16-18H2,1H3,(H,28,32)(H,29,31)/t19-,23?,24?/m1/s1. The van der Waals surface area contributed by atoms with E-state index >= 15 is 0 Å². The molecule has 33 heavy (non-hydrogen) atoms. The summed E-state index contributed by atoms with van der Waals surface area (Å²) in [4.78, 5) is 29.6. The summed E-state index contributed by atoms with van der Waals surface area (Å²) in [6.45, 7) is 2.11. The predicted molar refractivity (Wildman–Crippen MR) is 125 cm³/mol. The van der Waals surface area contributed by atoms with Gasteiger partial charge in [-0.05, 0) is 36.6 Å². The Bertz CT molecular complexity index is 1000. The van der Waals surface area contributed by atoms with E-state index in [2.05, 4.69) is 15.6 Å². The Labute approximate surface area is 193 Å². The first-order chi connectivity index (χ1) is 16.0. The van der Waals surface area contributed by atoms with Gasteiger partial charge in [0.05, 0.1) is 24.9 Å². The maximum absolute atomic E-state index is 12.8. The van der Waals surface area contributed by atoms with Crippen molar-refractivity contribution in [2.45, 2.75) is 44.7 Å². The molecule has 7 heteroatoms. The van der Waals surface area contributed by atoms with E-state index in [9.17, 15) is 14.7 Å². The van der Waals surface area contributed by atoms with E-state index < -0.39 is 30.1 Å². The molecule has 1 aromatic heterocycles. The Morgan fingerprint density at radius 1 is 0.909 bits per heavy atom. The number of carbonyl (C=O) groups excluding carboxylic acids is 2. The van der Waals surface area contributed by atoms with Crippen LogP contribution in [-0.4, -0.2) is 40.2 Å². The van der Waals surface area contributed by atoms with Gasteiger partial charge < -0.3 is 20.5 Å². The van der Waals surface area contributed by atoms with Gasteiger partial charge in [0.2, 0.25) is 5.91 Å². The zero-order chi connectivity index (χ0) is 23.5. The summed E-state index contributed by atoms with van der Waals surface area (Å²) in [5, 5.41) is 16.2. The zero-order valence-electron chi connectivity index (χ0n) is 18.6. The van der Waals surface area contributed by atoms with Gasteiger partial charge in [-0.15, -0.1) is 0 Å². The monoisotopic (exact) mass is 447 g/mol. The van der Waals surface area contributed by atoms with Crippen LogP contribution in [0, 0.1) is 0 Å². The van der Waals surface area contributed by atoms with Crippen molar-refractivity contribution in [2.75, 3.05) is 0 Å². The molecule has 0 saturated carbocycles. The van der Waals surface area contributed by atoms with Crippen molar-refractivity contribution < 1.29 is 19.4 Å². The van der Waals surface area contributed by atoms with Crippen LogP contribution in [0.1, 0.15) is 23.7 Å². The third kappa shape index (κ3) is 7.82. The van der Waals surface area contributed by atoms with Gasteiger partial charge >= 0.3 is 0 Å². The number of pyridine rings is 1. The second-order valence-electron chi connectivity index (χ2n) is 7.73. The van der Waals surface area contributed by atoms with Crippen molar-refractivity contribution >= 4 is 11.8 Å². The van der Waals surface area contributed by atoms with Crippen molar-refractivity contribution in [3.8, 4) is 0 Å². The van der Waals surface area contributed by atoms with Crippen molar-refractivity contribution in [3.05, 3.63) is 102 Å². The number of aliphatic hydroxyl groups is 1. The smallest absolute Gasteiger partial charge is 0.251 e. The summed E-state index contributed by atoms with van der Waals surface area (Å²) in [6.07, 6.45) is -0.282. The fourth-order valence-corrected chi connectivity index (χ4v) is 3.25. The number of hydrogen-bond donors (Lipinski definition) is 3. The first-order valence-electron chi connectivity index (χ1n) is 10.9. The number of aliphatic hydroxyl groups excluding tert-OH is 1. The van der Waals surface area contributed by atoms with Crippen LogP contribution in [0.2, 0.25) is 0 Å². The van der Waals surface area contributed by atoms with E-state index in [1.54, 1.807) is 25.3 Å². The average molecular weight is 448 g/mol. The van der Waals surface area contributed by atoms with Crippen molar-refractivity contribution in [1.29, 1.82) is 0 Å². The molecule has 0 bridgehead atoms. The maximum atomic E-state index is 12.8. The van der Waals surface area contributed by atoms with Crippen LogP contribution in [0.5, 0.6) is 0 Å². The molecule has 3 N–H and O–H groups in total. The number of aromatic nitrogens is 1. The minimum atomic E-state index is -1.45. The molecule has 0 radical (unpaired) electrons. The van der Waals surface area contributed by atoms with E-state index in [1.165, 1.54) is 0 Å². The molecule has 2 unspecified atom stereocenters. The highest BCUT2D eigenvalue weighted by atomic mass is 16.5. The van der Waals surface area contributed by atoms with Gasteiger partial charge in [0.15, 0.2) is 6.10 Å². The molecule has 0 aliphatic heterocycles. The molecule has 7 nitrogen and oxygen atoms in total. The molecule has 0 fully saturated rings. The first kappa shape index (κ1) is 24.1. The van der Waals surface area contributed by atoms with Gasteiger partial charge in [-0.3, -0.25) is 14.6 Å². The molecule has 3 aromatic rings. The molecular weight excluding hydrogens is 418 g/mol. The van der Waals surface area contributed by atoms with E-state index in [0.29, 0.717) is 5.69 Å². The van der Waals surface area contributed by atoms with Gasteiger partial charge in [0, 0.05) is 6.20 Å². The quantitative estimate of drug-likeness (QED) is 0.419.